The number of anilines is 2. The highest BCUT2D eigenvalue weighted by atomic mass is 16.6. The second-order valence-corrected chi connectivity index (χ2v) is 12.0. The van der Waals surface area contributed by atoms with Crippen LogP contribution in [0.15, 0.2) is 48.5 Å². The second kappa shape index (κ2) is 19.9. The summed E-state index contributed by atoms with van der Waals surface area (Å²) in [5.41, 5.74) is 10.1. The smallest absolute Gasteiger partial charge is 0.104 e. The summed E-state index contributed by atoms with van der Waals surface area (Å²) >= 11 is 0. The van der Waals surface area contributed by atoms with Gasteiger partial charge in [0.15, 0.2) is 0 Å². The van der Waals surface area contributed by atoms with E-state index in [9.17, 15) is 0 Å². The van der Waals surface area contributed by atoms with E-state index in [1.165, 1.54) is 16.8 Å². The van der Waals surface area contributed by atoms with Gasteiger partial charge in [-0.1, -0.05) is 38.1 Å². The van der Waals surface area contributed by atoms with Gasteiger partial charge in [-0.25, -0.2) is 0 Å². The Morgan fingerprint density at radius 2 is 1.23 bits per heavy atom. The van der Waals surface area contributed by atoms with Gasteiger partial charge < -0.3 is 29.6 Å². The average Bonchev–Trinajstić information content (AvgIpc) is 3.70. The van der Waals surface area contributed by atoms with Crippen LogP contribution in [0, 0.1) is 25.7 Å². The molecule has 1 fully saturated rings. The molecule has 1 aliphatic heterocycles. The third-order valence-electron chi connectivity index (χ3n) is 5.92. The van der Waals surface area contributed by atoms with Gasteiger partial charge in [-0.3, -0.25) is 0 Å². The van der Waals surface area contributed by atoms with E-state index in [0.29, 0.717) is 36.3 Å². The SMILES string of the molecule is CC(C)OCC1CO1.Cc1cccc(N(CC(C)COC(C)C)CC(C)COC(C)C)c1.Cc1cccc(N)c1. The molecule has 40 heavy (non-hydrogen) atoms. The van der Waals surface area contributed by atoms with Crippen molar-refractivity contribution in [3.63, 3.8) is 0 Å². The Morgan fingerprint density at radius 1 is 0.750 bits per heavy atom. The van der Waals surface area contributed by atoms with E-state index >= 15 is 0 Å². The van der Waals surface area contributed by atoms with Crippen LogP contribution < -0.4 is 10.6 Å². The average molecular weight is 559 g/mol. The highest BCUT2D eigenvalue weighted by molar-refractivity contribution is 5.48. The molecule has 0 saturated carbocycles. The number of ether oxygens (including phenoxy) is 4. The summed E-state index contributed by atoms with van der Waals surface area (Å²) in [6.07, 6.45) is 1.34. The zero-order valence-corrected chi connectivity index (χ0v) is 27.0. The molecule has 3 atom stereocenters. The standard InChI is InChI=1S/C21H37NO2.C7H9N.C6H12O2/c1-16(2)23-14-19(6)12-22(13-20(7)15-24-17(3)4)21-10-8-9-18(5)11-21;1-6-3-2-4-7(8)5-6;1-5(2)7-3-6-4-8-6/h8-11,16-17,19-20H,12-15H2,1-7H3;2-5H,8H2,1H3;5-6H,3-4H2,1-2H3. The van der Waals surface area contributed by atoms with Crippen LogP contribution in [-0.4, -0.2) is 63.9 Å². The first-order chi connectivity index (χ1) is 18.8. The van der Waals surface area contributed by atoms with Gasteiger partial charge in [-0.05, 0) is 103 Å². The highest BCUT2D eigenvalue weighted by Gasteiger charge is 2.22. The van der Waals surface area contributed by atoms with Crippen molar-refractivity contribution in [3.05, 3.63) is 59.7 Å². The fourth-order valence-corrected chi connectivity index (χ4v) is 3.82. The van der Waals surface area contributed by atoms with Crippen molar-refractivity contribution >= 4 is 11.4 Å². The predicted molar refractivity (Wildman–Crippen MR) is 170 cm³/mol. The molecule has 3 rings (SSSR count). The van der Waals surface area contributed by atoms with E-state index in [0.717, 1.165) is 45.2 Å². The number of rotatable bonds is 14. The topological polar surface area (TPSA) is 69.5 Å². The van der Waals surface area contributed by atoms with Gasteiger partial charge in [0.1, 0.15) is 6.10 Å². The van der Waals surface area contributed by atoms with Crippen LogP contribution in [0.5, 0.6) is 0 Å². The number of nitrogens with zero attached hydrogens (tertiary/aromatic N) is 1. The number of nitrogens with two attached hydrogens (primary N) is 1. The summed E-state index contributed by atoms with van der Waals surface area (Å²) in [5.74, 6) is 0.984. The Morgan fingerprint density at radius 3 is 1.60 bits per heavy atom. The second-order valence-electron chi connectivity index (χ2n) is 12.0. The Labute approximate surface area is 245 Å². The van der Waals surface area contributed by atoms with Crippen LogP contribution in [0.25, 0.3) is 0 Å². The maximum atomic E-state index is 5.80. The molecule has 0 spiro atoms. The molecule has 3 unspecified atom stereocenters. The summed E-state index contributed by atoms with van der Waals surface area (Å²) in [6, 6.07) is 16.6. The molecule has 2 aromatic rings. The van der Waals surface area contributed by atoms with Gasteiger partial charge in [-0.2, -0.15) is 0 Å². The first-order valence-electron chi connectivity index (χ1n) is 15.0. The van der Waals surface area contributed by atoms with Crippen LogP contribution >= 0.6 is 0 Å². The van der Waals surface area contributed by atoms with Crippen LogP contribution in [0.1, 0.15) is 66.5 Å². The highest BCUT2D eigenvalue weighted by Crippen LogP contribution is 2.20. The van der Waals surface area contributed by atoms with Crippen molar-refractivity contribution in [2.45, 2.75) is 93.7 Å². The van der Waals surface area contributed by atoms with Crippen LogP contribution in [0.2, 0.25) is 0 Å². The maximum absolute atomic E-state index is 5.80. The lowest BCUT2D eigenvalue weighted by Gasteiger charge is -2.31. The third-order valence-corrected chi connectivity index (χ3v) is 5.92. The Balaban J connectivity index is 0.000000400. The minimum Gasteiger partial charge on any atom is -0.399 e. The molecule has 2 aromatic carbocycles. The summed E-state index contributed by atoms with van der Waals surface area (Å²) in [5, 5.41) is 0. The molecule has 0 aromatic heterocycles. The monoisotopic (exact) mass is 558 g/mol. The van der Waals surface area contributed by atoms with E-state index in [2.05, 4.69) is 77.6 Å². The maximum Gasteiger partial charge on any atom is 0.104 e. The van der Waals surface area contributed by atoms with E-state index in [1.807, 2.05) is 45.0 Å². The molecule has 2 N–H and O–H groups in total. The predicted octanol–water partition coefficient (Wildman–Crippen LogP) is 7.31. The van der Waals surface area contributed by atoms with Crippen molar-refractivity contribution in [1.29, 1.82) is 0 Å². The van der Waals surface area contributed by atoms with Gasteiger partial charge in [0.25, 0.3) is 0 Å². The Bertz CT molecular complexity index is 875. The van der Waals surface area contributed by atoms with E-state index in [4.69, 9.17) is 24.7 Å². The number of hydrogen-bond donors (Lipinski definition) is 1. The fourth-order valence-electron chi connectivity index (χ4n) is 3.82. The minimum atomic E-state index is 0.290. The van der Waals surface area contributed by atoms with Crippen molar-refractivity contribution in [2.75, 3.05) is 50.2 Å². The molecule has 1 saturated heterocycles. The largest absolute Gasteiger partial charge is 0.399 e. The first kappa shape index (κ1) is 35.9. The molecule has 228 valence electrons. The zero-order valence-electron chi connectivity index (χ0n) is 27.0. The molecular weight excluding hydrogens is 500 g/mol. The lowest BCUT2D eigenvalue weighted by molar-refractivity contribution is 0.0522. The van der Waals surface area contributed by atoms with Gasteiger partial charge in [0.05, 0.1) is 44.7 Å². The van der Waals surface area contributed by atoms with E-state index < -0.39 is 0 Å². The van der Waals surface area contributed by atoms with Crippen LogP contribution in [0.3, 0.4) is 0 Å². The van der Waals surface area contributed by atoms with Crippen molar-refractivity contribution in [1.82, 2.24) is 0 Å². The summed E-state index contributed by atoms with van der Waals surface area (Å²) in [6.45, 7) is 26.4. The number of nitrogen functional groups attached to an aromatic ring is 1. The molecule has 0 radical (unpaired) electrons. The molecule has 6 heteroatoms. The van der Waals surface area contributed by atoms with Crippen LogP contribution in [-0.2, 0) is 18.9 Å². The lowest BCUT2D eigenvalue weighted by atomic mass is 10.1. The van der Waals surface area contributed by atoms with Crippen molar-refractivity contribution < 1.29 is 18.9 Å². The molecule has 0 bridgehead atoms. The molecule has 1 aliphatic rings. The normalized spacial score (nSPS) is 15.7. The van der Waals surface area contributed by atoms with Gasteiger partial charge in [-0.15, -0.1) is 0 Å². The van der Waals surface area contributed by atoms with Crippen molar-refractivity contribution in [3.8, 4) is 0 Å². The summed E-state index contributed by atoms with van der Waals surface area (Å²) in [4.78, 5) is 2.48. The molecule has 0 aliphatic carbocycles. The van der Waals surface area contributed by atoms with Gasteiger partial charge in [0.2, 0.25) is 0 Å². The van der Waals surface area contributed by atoms with E-state index in [1.54, 1.807) is 0 Å². The quantitative estimate of drug-likeness (QED) is 0.194. The number of epoxide rings is 1. The minimum absolute atomic E-state index is 0.290. The lowest BCUT2D eigenvalue weighted by Crippen LogP contribution is -2.35. The summed E-state index contributed by atoms with van der Waals surface area (Å²) < 4.78 is 21.8. The Hall–Kier alpha value is -2.12. The number of hydrogen-bond acceptors (Lipinski definition) is 6. The van der Waals surface area contributed by atoms with E-state index in [-0.39, 0.29) is 0 Å². The first-order valence-corrected chi connectivity index (χ1v) is 15.0. The summed E-state index contributed by atoms with van der Waals surface area (Å²) in [7, 11) is 0. The number of benzene rings is 2. The zero-order chi connectivity index (χ0) is 30.1. The molecule has 1 heterocycles. The molecular formula is C34H58N2O4. The Kier molecular flexibility index (Phi) is 17.8. The number of aryl methyl sites for hydroxylation is 2. The molecule has 0 amide bonds. The van der Waals surface area contributed by atoms with Gasteiger partial charge in [0, 0.05) is 24.5 Å². The third kappa shape index (κ3) is 19.0. The van der Waals surface area contributed by atoms with Crippen molar-refractivity contribution in [2.24, 2.45) is 11.8 Å². The van der Waals surface area contributed by atoms with Gasteiger partial charge >= 0.3 is 0 Å². The van der Waals surface area contributed by atoms with Crippen LogP contribution in [0.4, 0.5) is 11.4 Å². The molecule has 6 nitrogen and oxygen atoms in total. The fraction of sp³-hybridized carbons (Fsp3) is 0.647.